The number of hydrogen-bond donors (Lipinski definition) is 3. The molecule has 0 aliphatic heterocycles. The van der Waals surface area contributed by atoms with Gasteiger partial charge in [0.05, 0.1) is 6.42 Å². The quantitative estimate of drug-likeness (QED) is 0.731. The monoisotopic (exact) mass is 282 g/mol. The fourth-order valence-corrected chi connectivity index (χ4v) is 1.77. The molecule has 0 aliphatic carbocycles. The number of hydrogen-bond acceptors (Lipinski definition) is 3. The van der Waals surface area contributed by atoms with Gasteiger partial charge in [-0.3, -0.25) is 4.79 Å². The second-order valence-corrected chi connectivity index (χ2v) is 5.48. The molecule has 0 bridgehead atoms. The Hall–Kier alpha value is -2.05. The molecule has 1 aromatic rings. The van der Waals surface area contributed by atoms with Gasteiger partial charge in [0.2, 0.25) is 0 Å². The maximum absolute atomic E-state index is 12.1. The first kappa shape index (κ1) is 16.0. The van der Waals surface area contributed by atoms with Crippen molar-refractivity contribution in [3.8, 4) is 0 Å². The van der Waals surface area contributed by atoms with E-state index in [0.717, 1.165) is 5.82 Å². The van der Waals surface area contributed by atoms with Crippen LogP contribution >= 0.6 is 0 Å². The molecule has 1 rings (SSSR count). The van der Waals surface area contributed by atoms with E-state index in [9.17, 15) is 9.59 Å². The average molecular weight is 282 g/mol. The molecule has 7 nitrogen and oxygen atoms in total. The zero-order valence-corrected chi connectivity index (χ0v) is 12.1. The third kappa shape index (κ3) is 5.29. The lowest BCUT2D eigenvalue weighted by Gasteiger charge is -2.35. The van der Waals surface area contributed by atoms with Crippen molar-refractivity contribution in [1.29, 1.82) is 0 Å². The third-order valence-corrected chi connectivity index (χ3v) is 2.80. The van der Waals surface area contributed by atoms with E-state index in [1.807, 2.05) is 20.8 Å². The molecule has 3 N–H and O–H groups in total. The van der Waals surface area contributed by atoms with Crippen LogP contribution in [0, 0.1) is 0 Å². The summed E-state index contributed by atoms with van der Waals surface area (Å²) in [5.41, 5.74) is -0.426. The molecule has 0 saturated carbocycles. The number of aliphatic carboxylic acids is 1. The minimum atomic E-state index is -0.914. The van der Waals surface area contributed by atoms with Crippen LogP contribution in [0.5, 0.6) is 0 Å². The summed E-state index contributed by atoms with van der Waals surface area (Å²) in [5, 5.41) is 11.5. The van der Waals surface area contributed by atoms with Gasteiger partial charge in [-0.05, 0) is 20.8 Å². The first-order valence-corrected chi connectivity index (χ1v) is 6.56. The molecular formula is C13H22N4O3. The van der Waals surface area contributed by atoms with Crippen molar-refractivity contribution in [2.75, 3.05) is 13.1 Å². The highest BCUT2D eigenvalue weighted by molar-refractivity contribution is 5.76. The van der Waals surface area contributed by atoms with E-state index >= 15 is 0 Å². The normalized spacial score (nSPS) is 11.2. The lowest BCUT2D eigenvalue weighted by molar-refractivity contribution is -0.137. The van der Waals surface area contributed by atoms with E-state index in [1.54, 1.807) is 12.4 Å². The van der Waals surface area contributed by atoms with Crippen molar-refractivity contribution in [1.82, 2.24) is 20.2 Å². The van der Waals surface area contributed by atoms with E-state index in [1.165, 1.54) is 4.90 Å². The number of urea groups is 1. The summed E-state index contributed by atoms with van der Waals surface area (Å²) in [4.78, 5) is 31.3. The zero-order chi connectivity index (χ0) is 15.2. The molecule has 0 fully saturated rings. The summed E-state index contributed by atoms with van der Waals surface area (Å²) in [6.07, 6.45) is 3.93. The topological polar surface area (TPSA) is 98.3 Å². The molecule has 7 heteroatoms. The van der Waals surface area contributed by atoms with Crippen molar-refractivity contribution >= 4 is 12.0 Å². The van der Waals surface area contributed by atoms with Gasteiger partial charge in [0.1, 0.15) is 5.82 Å². The van der Waals surface area contributed by atoms with E-state index in [0.29, 0.717) is 13.0 Å². The van der Waals surface area contributed by atoms with E-state index < -0.39 is 11.5 Å². The molecule has 0 radical (unpaired) electrons. The number of aromatic amines is 1. The highest BCUT2D eigenvalue weighted by Crippen LogP contribution is 2.13. The van der Waals surface area contributed by atoms with Crippen molar-refractivity contribution in [2.24, 2.45) is 0 Å². The Morgan fingerprint density at radius 3 is 2.65 bits per heavy atom. The van der Waals surface area contributed by atoms with Gasteiger partial charge in [-0.15, -0.1) is 0 Å². The summed E-state index contributed by atoms with van der Waals surface area (Å²) >= 11 is 0. The van der Waals surface area contributed by atoms with Gasteiger partial charge in [0.15, 0.2) is 0 Å². The molecule has 0 unspecified atom stereocenters. The zero-order valence-electron chi connectivity index (χ0n) is 12.1. The molecule has 112 valence electrons. The predicted octanol–water partition coefficient (Wildman–Crippen LogP) is 1.24. The second-order valence-electron chi connectivity index (χ2n) is 5.48. The number of H-pyrrole nitrogens is 1. The first-order chi connectivity index (χ1) is 9.30. The van der Waals surface area contributed by atoms with Crippen LogP contribution in [-0.4, -0.2) is 50.6 Å². The minimum absolute atomic E-state index is 0.0666. The van der Waals surface area contributed by atoms with Gasteiger partial charge in [-0.1, -0.05) is 0 Å². The van der Waals surface area contributed by atoms with Gasteiger partial charge in [0, 0.05) is 37.4 Å². The summed E-state index contributed by atoms with van der Waals surface area (Å²) in [6, 6.07) is -0.259. The minimum Gasteiger partial charge on any atom is -0.481 e. The Morgan fingerprint density at radius 2 is 2.15 bits per heavy atom. The van der Waals surface area contributed by atoms with Crippen LogP contribution < -0.4 is 5.32 Å². The van der Waals surface area contributed by atoms with Crippen LogP contribution in [0.2, 0.25) is 0 Å². The highest BCUT2D eigenvalue weighted by atomic mass is 16.4. The van der Waals surface area contributed by atoms with Crippen LogP contribution in [0.3, 0.4) is 0 Å². The van der Waals surface area contributed by atoms with Gasteiger partial charge in [-0.2, -0.15) is 0 Å². The molecule has 0 aromatic carbocycles. The van der Waals surface area contributed by atoms with Gasteiger partial charge >= 0.3 is 12.0 Å². The van der Waals surface area contributed by atoms with Gasteiger partial charge in [0.25, 0.3) is 0 Å². The maximum atomic E-state index is 12.1. The molecule has 2 amide bonds. The standard InChI is InChI=1S/C13H22N4O3/c1-13(2,3)17(9-5-11(18)19)12(20)16-6-4-10-14-7-8-15-10/h7-8H,4-6,9H2,1-3H3,(H,14,15)(H,16,20)(H,18,19). The lowest BCUT2D eigenvalue weighted by atomic mass is 10.1. The Balaban J connectivity index is 2.48. The molecule has 1 aromatic heterocycles. The number of amides is 2. The third-order valence-electron chi connectivity index (χ3n) is 2.80. The number of nitrogens with one attached hydrogen (secondary N) is 2. The molecular weight excluding hydrogens is 260 g/mol. The molecule has 0 spiro atoms. The summed E-state index contributed by atoms with van der Waals surface area (Å²) < 4.78 is 0. The number of carboxylic acids is 1. The number of imidazole rings is 1. The number of carboxylic acid groups (broad SMARTS) is 1. The highest BCUT2D eigenvalue weighted by Gasteiger charge is 2.26. The van der Waals surface area contributed by atoms with Crippen LogP contribution in [0.25, 0.3) is 0 Å². The van der Waals surface area contributed by atoms with E-state index in [4.69, 9.17) is 5.11 Å². The van der Waals surface area contributed by atoms with Crippen LogP contribution in [0.4, 0.5) is 4.79 Å². The smallest absolute Gasteiger partial charge is 0.317 e. The van der Waals surface area contributed by atoms with Crippen LogP contribution in [0.15, 0.2) is 12.4 Å². The second kappa shape index (κ2) is 6.93. The van der Waals surface area contributed by atoms with Crippen molar-refractivity contribution < 1.29 is 14.7 Å². The SMILES string of the molecule is CC(C)(C)N(CCC(=O)O)C(=O)NCCc1ncc[nH]1. The van der Waals surface area contributed by atoms with Crippen molar-refractivity contribution in [2.45, 2.75) is 39.2 Å². The molecule has 1 heterocycles. The number of carbonyl (C=O) groups excluding carboxylic acids is 1. The maximum Gasteiger partial charge on any atom is 0.317 e. The fourth-order valence-electron chi connectivity index (χ4n) is 1.77. The van der Waals surface area contributed by atoms with Gasteiger partial charge in [-0.25, -0.2) is 9.78 Å². The summed E-state index contributed by atoms with van der Waals surface area (Å²) in [7, 11) is 0. The molecule has 0 aliphatic rings. The Labute approximate surface area is 118 Å². The van der Waals surface area contributed by atoms with E-state index in [2.05, 4.69) is 15.3 Å². The molecule has 20 heavy (non-hydrogen) atoms. The summed E-state index contributed by atoms with van der Waals surface area (Å²) in [5.74, 6) is -0.110. The largest absolute Gasteiger partial charge is 0.481 e. The Kier molecular flexibility index (Phi) is 5.54. The predicted molar refractivity (Wildman–Crippen MR) is 74.4 cm³/mol. The number of carbonyl (C=O) groups is 2. The van der Waals surface area contributed by atoms with Crippen molar-refractivity contribution in [3.63, 3.8) is 0 Å². The number of nitrogens with zero attached hydrogens (tertiary/aromatic N) is 2. The number of aromatic nitrogens is 2. The van der Waals surface area contributed by atoms with Gasteiger partial charge < -0.3 is 20.3 Å². The fraction of sp³-hybridized carbons (Fsp3) is 0.615. The van der Waals surface area contributed by atoms with Crippen molar-refractivity contribution in [3.05, 3.63) is 18.2 Å². The Morgan fingerprint density at radius 1 is 1.45 bits per heavy atom. The molecule has 0 saturated heterocycles. The Bertz CT molecular complexity index is 437. The van der Waals surface area contributed by atoms with Crippen LogP contribution in [-0.2, 0) is 11.2 Å². The summed E-state index contributed by atoms with van der Waals surface area (Å²) in [6.45, 7) is 6.26. The van der Waals surface area contributed by atoms with E-state index in [-0.39, 0.29) is 19.0 Å². The number of rotatable bonds is 6. The first-order valence-electron chi connectivity index (χ1n) is 6.56. The molecule has 0 atom stereocenters. The van der Waals surface area contributed by atoms with Crippen LogP contribution in [0.1, 0.15) is 33.0 Å². The lowest BCUT2D eigenvalue weighted by Crippen LogP contribution is -2.51. The average Bonchev–Trinajstić information content (AvgIpc) is 2.79.